The Morgan fingerprint density at radius 2 is 1.92 bits per heavy atom. The van der Waals surface area contributed by atoms with E-state index in [1.807, 2.05) is 13.8 Å². The molecule has 0 fully saturated rings. The lowest BCUT2D eigenvalue weighted by molar-refractivity contribution is -0.178. The van der Waals surface area contributed by atoms with E-state index < -0.39 is 11.8 Å². The van der Waals surface area contributed by atoms with E-state index in [4.69, 9.17) is 10.9 Å². The maximum atomic E-state index is 11.0. The normalized spacial score (nSPS) is 10.1. The van der Waals surface area contributed by atoms with Crippen LogP contribution in [-0.4, -0.2) is 28.6 Å². The first kappa shape index (κ1) is 11.1. The molecule has 0 radical (unpaired) electrons. The maximum Gasteiger partial charge on any atom is 0.266 e. The molecule has 0 rings (SSSR count). The highest BCUT2D eigenvalue weighted by atomic mass is 16.5. The molecule has 0 aromatic carbocycles. The van der Waals surface area contributed by atoms with Crippen LogP contribution in [-0.2, 0) is 9.59 Å². The van der Waals surface area contributed by atoms with E-state index >= 15 is 0 Å². The Balaban J connectivity index is 4.01. The van der Waals surface area contributed by atoms with Crippen molar-refractivity contribution in [3.63, 3.8) is 0 Å². The van der Waals surface area contributed by atoms with Crippen LogP contribution in [0, 0.1) is 5.92 Å². The van der Waals surface area contributed by atoms with E-state index in [0.717, 1.165) is 0 Å². The van der Waals surface area contributed by atoms with Crippen LogP contribution in [0.4, 0.5) is 0 Å². The molecule has 0 aromatic heterocycles. The van der Waals surface area contributed by atoms with Crippen molar-refractivity contribution < 1.29 is 14.8 Å². The fourth-order valence-corrected chi connectivity index (χ4v) is 0.661. The van der Waals surface area contributed by atoms with E-state index in [-0.39, 0.29) is 23.9 Å². The van der Waals surface area contributed by atoms with Crippen molar-refractivity contribution in [1.82, 2.24) is 5.06 Å². The maximum absolute atomic E-state index is 11.0. The summed E-state index contributed by atoms with van der Waals surface area (Å²) in [5, 5.41) is 8.97. The summed E-state index contributed by atoms with van der Waals surface area (Å²) in [7, 11) is 0. The quantitative estimate of drug-likeness (QED) is 0.456. The number of hydrogen-bond donors (Lipinski definition) is 2. The Kier molecular flexibility index (Phi) is 4.46. The average molecular weight is 174 g/mol. The van der Waals surface area contributed by atoms with Crippen LogP contribution in [0.25, 0.3) is 0 Å². The lowest BCUT2D eigenvalue weighted by Crippen LogP contribution is -2.38. The number of carbonyl (C=O) groups excluding carboxylic acids is 2. The van der Waals surface area contributed by atoms with Gasteiger partial charge in [0.2, 0.25) is 0 Å². The molecule has 0 atom stereocenters. The summed E-state index contributed by atoms with van der Waals surface area (Å²) in [5.41, 5.74) is 4.94. The van der Waals surface area contributed by atoms with Gasteiger partial charge in [0.1, 0.15) is 0 Å². The van der Waals surface area contributed by atoms with Gasteiger partial charge in [-0.2, -0.15) is 5.06 Å². The zero-order chi connectivity index (χ0) is 9.72. The van der Waals surface area contributed by atoms with E-state index in [1.54, 1.807) is 0 Å². The molecule has 0 aliphatic rings. The fourth-order valence-electron chi connectivity index (χ4n) is 0.661. The van der Waals surface area contributed by atoms with E-state index in [0.29, 0.717) is 0 Å². The van der Waals surface area contributed by atoms with Crippen molar-refractivity contribution in [3.05, 3.63) is 0 Å². The minimum Gasteiger partial charge on any atom is -0.322 e. The average Bonchev–Trinajstić information content (AvgIpc) is 2.00. The molecule has 70 valence electrons. The number of amides is 2. The highest BCUT2D eigenvalue weighted by molar-refractivity contribution is 5.94. The second-order valence-corrected chi connectivity index (χ2v) is 2.90. The largest absolute Gasteiger partial charge is 0.322 e. The minimum absolute atomic E-state index is 0.0833. The summed E-state index contributed by atoms with van der Waals surface area (Å²) in [6, 6.07) is 0. The topological polar surface area (TPSA) is 83.6 Å². The van der Waals surface area contributed by atoms with Gasteiger partial charge in [-0.05, 0) is 5.92 Å². The molecular weight excluding hydrogens is 160 g/mol. The SMILES string of the molecule is CC(C)CC(=O)N(O)C(=O)CN. The third kappa shape index (κ3) is 3.45. The van der Waals surface area contributed by atoms with Crippen molar-refractivity contribution in [2.75, 3.05) is 6.54 Å². The number of carbonyl (C=O) groups is 2. The molecule has 0 aliphatic heterocycles. The smallest absolute Gasteiger partial charge is 0.266 e. The summed E-state index contributed by atoms with van der Waals surface area (Å²) in [4.78, 5) is 21.6. The fraction of sp³-hybridized carbons (Fsp3) is 0.714. The van der Waals surface area contributed by atoms with Crippen LogP contribution < -0.4 is 5.73 Å². The van der Waals surface area contributed by atoms with Gasteiger partial charge in [0, 0.05) is 6.42 Å². The van der Waals surface area contributed by atoms with Crippen LogP contribution in [0.1, 0.15) is 20.3 Å². The Bertz CT molecular complexity index is 179. The summed E-state index contributed by atoms with van der Waals surface area (Å²) in [6.07, 6.45) is 0.141. The third-order valence-corrected chi connectivity index (χ3v) is 1.23. The summed E-state index contributed by atoms with van der Waals surface area (Å²) >= 11 is 0. The van der Waals surface area contributed by atoms with Gasteiger partial charge in [-0.1, -0.05) is 13.8 Å². The van der Waals surface area contributed by atoms with E-state index in [2.05, 4.69) is 0 Å². The van der Waals surface area contributed by atoms with Gasteiger partial charge in [0.05, 0.1) is 6.54 Å². The molecule has 0 saturated carbocycles. The molecule has 0 unspecified atom stereocenters. The lowest BCUT2D eigenvalue weighted by atomic mass is 10.1. The summed E-state index contributed by atoms with van der Waals surface area (Å²) in [5.74, 6) is -1.28. The Morgan fingerprint density at radius 1 is 1.42 bits per heavy atom. The van der Waals surface area contributed by atoms with Crippen molar-refractivity contribution in [1.29, 1.82) is 0 Å². The molecule has 0 saturated heterocycles. The Labute approximate surface area is 71.1 Å². The predicted octanol–water partition coefficient (Wildman–Crippen LogP) is -0.264. The predicted molar refractivity (Wildman–Crippen MR) is 42.1 cm³/mol. The highest BCUT2D eigenvalue weighted by Gasteiger charge is 2.18. The van der Waals surface area contributed by atoms with E-state index in [9.17, 15) is 9.59 Å². The molecule has 0 bridgehead atoms. The van der Waals surface area contributed by atoms with Gasteiger partial charge in [-0.25, -0.2) is 0 Å². The first-order chi connectivity index (χ1) is 5.49. The first-order valence-corrected chi connectivity index (χ1v) is 3.73. The van der Waals surface area contributed by atoms with Crippen LogP contribution >= 0.6 is 0 Å². The van der Waals surface area contributed by atoms with Gasteiger partial charge in [-0.3, -0.25) is 14.8 Å². The number of rotatable bonds is 3. The number of hydrogen-bond acceptors (Lipinski definition) is 4. The van der Waals surface area contributed by atoms with Crippen LogP contribution in [0.2, 0.25) is 0 Å². The van der Waals surface area contributed by atoms with Gasteiger partial charge >= 0.3 is 0 Å². The second kappa shape index (κ2) is 4.84. The molecule has 12 heavy (non-hydrogen) atoms. The van der Waals surface area contributed by atoms with Crippen LogP contribution in [0.15, 0.2) is 0 Å². The van der Waals surface area contributed by atoms with Crippen molar-refractivity contribution in [2.24, 2.45) is 11.7 Å². The van der Waals surface area contributed by atoms with Crippen molar-refractivity contribution in [3.8, 4) is 0 Å². The Morgan fingerprint density at radius 3 is 2.25 bits per heavy atom. The molecule has 0 aromatic rings. The van der Waals surface area contributed by atoms with Crippen LogP contribution in [0.5, 0.6) is 0 Å². The first-order valence-electron chi connectivity index (χ1n) is 3.73. The van der Waals surface area contributed by atoms with E-state index in [1.165, 1.54) is 0 Å². The number of imide groups is 1. The van der Waals surface area contributed by atoms with Gasteiger partial charge in [0.15, 0.2) is 0 Å². The molecule has 2 amide bonds. The molecule has 0 aliphatic carbocycles. The summed E-state index contributed by atoms with van der Waals surface area (Å²) in [6.45, 7) is 3.28. The van der Waals surface area contributed by atoms with Crippen molar-refractivity contribution in [2.45, 2.75) is 20.3 Å². The zero-order valence-electron chi connectivity index (χ0n) is 7.28. The lowest BCUT2D eigenvalue weighted by Gasteiger charge is -2.12. The monoisotopic (exact) mass is 174 g/mol. The highest BCUT2D eigenvalue weighted by Crippen LogP contribution is 2.02. The molecule has 0 heterocycles. The number of nitrogens with zero attached hydrogens (tertiary/aromatic N) is 1. The summed E-state index contributed by atoms with van der Waals surface area (Å²) < 4.78 is 0. The third-order valence-electron chi connectivity index (χ3n) is 1.23. The molecule has 5 nitrogen and oxygen atoms in total. The van der Waals surface area contributed by atoms with Crippen LogP contribution in [0.3, 0.4) is 0 Å². The molecule has 5 heteroatoms. The zero-order valence-corrected chi connectivity index (χ0v) is 7.28. The minimum atomic E-state index is -0.777. The number of nitrogens with two attached hydrogens (primary N) is 1. The van der Waals surface area contributed by atoms with Crippen molar-refractivity contribution >= 4 is 11.8 Å². The molecule has 0 spiro atoms. The molecule has 3 N–H and O–H groups in total. The molecular formula is C7H14N2O3. The second-order valence-electron chi connectivity index (χ2n) is 2.90. The van der Waals surface area contributed by atoms with Gasteiger partial charge in [-0.15, -0.1) is 0 Å². The van der Waals surface area contributed by atoms with Gasteiger partial charge in [0.25, 0.3) is 11.8 Å². The standard InChI is InChI=1S/C7H14N2O3/c1-5(2)3-6(10)9(12)7(11)4-8/h5,12H,3-4,8H2,1-2H3. The Hall–Kier alpha value is -0.940. The number of hydroxylamine groups is 2. The van der Waals surface area contributed by atoms with Gasteiger partial charge < -0.3 is 5.73 Å².